The molecule has 0 amide bonds. The number of hydrogen-bond acceptors (Lipinski definition) is 2. The minimum atomic E-state index is 0.479. The lowest BCUT2D eigenvalue weighted by atomic mass is 10.1. The molecule has 94 valence electrons. The third-order valence-corrected chi connectivity index (χ3v) is 2.95. The van der Waals surface area contributed by atoms with Crippen LogP contribution in [-0.2, 0) is 13.2 Å². The lowest BCUT2D eigenvalue weighted by Crippen LogP contribution is -2.03. The standard InChI is InChI=1S/C15H16ClNO/c1-11-5-6-15(13(7-11)9-17)18-10-12-3-2-4-14(16)8-12/h2-8H,9-10,17H2,1H3. The first-order valence-electron chi connectivity index (χ1n) is 5.86. The molecule has 0 saturated heterocycles. The molecule has 0 saturated carbocycles. The predicted molar refractivity (Wildman–Crippen MR) is 74.9 cm³/mol. The highest BCUT2D eigenvalue weighted by Gasteiger charge is 2.03. The smallest absolute Gasteiger partial charge is 0.124 e. The van der Waals surface area contributed by atoms with E-state index in [9.17, 15) is 0 Å². The lowest BCUT2D eigenvalue weighted by molar-refractivity contribution is 0.303. The maximum absolute atomic E-state index is 5.93. The summed E-state index contributed by atoms with van der Waals surface area (Å²) < 4.78 is 5.79. The van der Waals surface area contributed by atoms with Crippen molar-refractivity contribution in [3.05, 3.63) is 64.2 Å². The molecule has 0 heterocycles. The van der Waals surface area contributed by atoms with E-state index in [1.807, 2.05) is 49.4 Å². The topological polar surface area (TPSA) is 35.2 Å². The second-order valence-corrected chi connectivity index (χ2v) is 4.67. The molecule has 0 spiro atoms. The summed E-state index contributed by atoms with van der Waals surface area (Å²) in [5, 5.41) is 0.721. The number of benzene rings is 2. The molecule has 2 N–H and O–H groups in total. The summed E-state index contributed by atoms with van der Waals surface area (Å²) in [5.41, 5.74) is 8.97. The van der Waals surface area contributed by atoms with Crippen LogP contribution in [0.25, 0.3) is 0 Å². The van der Waals surface area contributed by atoms with E-state index in [2.05, 4.69) is 0 Å². The summed E-state index contributed by atoms with van der Waals surface area (Å²) >= 11 is 5.93. The van der Waals surface area contributed by atoms with Gasteiger partial charge in [-0.1, -0.05) is 41.4 Å². The van der Waals surface area contributed by atoms with Crippen molar-refractivity contribution in [2.45, 2.75) is 20.1 Å². The van der Waals surface area contributed by atoms with Gasteiger partial charge in [-0.05, 0) is 30.7 Å². The Morgan fingerprint density at radius 1 is 1.17 bits per heavy atom. The van der Waals surface area contributed by atoms with Crippen LogP contribution in [0, 0.1) is 6.92 Å². The highest BCUT2D eigenvalue weighted by Crippen LogP contribution is 2.21. The van der Waals surface area contributed by atoms with E-state index in [-0.39, 0.29) is 0 Å². The quantitative estimate of drug-likeness (QED) is 0.911. The molecule has 0 bridgehead atoms. The Labute approximate surface area is 112 Å². The number of rotatable bonds is 4. The molecule has 0 radical (unpaired) electrons. The van der Waals surface area contributed by atoms with Gasteiger partial charge in [0.05, 0.1) is 0 Å². The largest absolute Gasteiger partial charge is 0.489 e. The second-order valence-electron chi connectivity index (χ2n) is 4.23. The second kappa shape index (κ2) is 5.89. The lowest BCUT2D eigenvalue weighted by Gasteiger charge is -2.11. The Kier molecular flexibility index (Phi) is 4.24. The zero-order valence-corrected chi connectivity index (χ0v) is 11.1. The van der Waals surface area contributed by atoms with Gasteiger partial charge in [0.2, 0.25) is 0 Å². The fourth-order valence-electron chi connectivity index (χ4n) is 1.80. The van der Waals surface area contributed by atoms with Crippen molar-refractivity contribution in [3.8, 4) is 5.75 Å². The van der Waals surface area contributed by atoms with E-state index in [0.29, 0.717) is 13.2 Å². The first-order valence-corrected chi connectivity index (χ1v) is 6.23. The summed E-state index contributed by atoms with van der Waals surface area (Å²) in [5.74, 6) is 0.836. The van der Waals surface area contributed by atoms with Crippen LogP contribution in [0.15, 0.2) is 42.5 Å². The summed E-state index contributed by atoms with van der Waals surface area (Å²) in [4.78, 5) is 0. The molecule has 0 aromatic heterocycles. The molecule has 0 fully saturated rings. The van der Waals surface area contributed by atoms with Crippen molar-refractivity contribution in [1.82, 2.24) is 0 Å². The third-order valence-electron chi connectivity index (χ3n) is 2.72. The number of aryl methyl sites for hydroxylation is 1. The number of halogens is 1. The zero-order valence-electron chi connectivity index (χ0n) is 10.3. The Morgan fingerprint density at radius 3 is 2.72 bits per heavy atom. The van der Waals surface area contributed by atoms with Crippen LogP contribution < -0.4 is 10.5 Å². The summed E-state index contributed by atoms with van der Waals surface area (Å²) in [6.45, 7) is 3.02. The summed E-state index contributed by atoms with van der Waals surface area (Å²) in [6, 6.07) is 13.7. The molecule has 0 unspecified atom stereocenters. The SMILES string of the molecule is Cc1ccc(OCc2cccc(Cl)c2)c(CN)c1. The van der Waals surface area contributed by atoms with Gasteiger partial charge in [-0.15, -0.1) is 0 Å². The van der Waals surface area contributed by atoms with Crippen LogP contribution in [-0.4, -0.2) is 0 Å². The van der Waals surface area contributed by atoms with Crippen molar-refractivity contribution in [2.75, 3.05) is 0 Å². The maximum Gasteiger partial charge on any atom is 0.124 e. The monoisotopic (exact) mass is 261 g/mol. The Morgan fingerprint density at radius 2 is 2.00 bits per heavy atom. The van der Waals surface area contributed by atoms with Gasteiger partial charge in [0.15, 0.2) is 0 Å². The molecular formula is C15H16ClNO. The van der Waals surface area contributed by atoms with E-state index >= 15 is 0 Å². The van der Waals surface area contributed by atoms with Crippen molar-refractivity contribution in [2.24, 2.45) is 5.73 Å². The number of nitrogens with two attached hydrogens (primary N) is 1. The van der Waals surface area contributed by atoms with Gasteiger partial charge in [0, 0.05) is 17.1 Å². The molecule has 2 rings (SSSR count). The fraction of sp³-hybridized carbons (Fsp3) is 0.200. The minimum Gasteiger partial charge on any atom is -0.489 e. The molecule has 3 heteroatoms. The summed E-state index contributed by atoms with van der Waals surface area (Å²) in [7, 11) is 0. The molecule has 0 aliphatic heterocycles. The van der Waals surface area contributed by atoms with Gasteiger partial charge in [-0.25, -0.2) is 0 Å². The van der Waals surface area contributed by atoms with Crippen LogP contribution in [0.1, 0.15) is 16.7 Å². The summed E-state index contributed by atoms with van der Waals surface area (Å²) in [6.07, 6.45) is 0. The van der Waals surface area contributed by atoms with Crippen molar-refractivity contribution < 1.29 is 4.74 Å². The van der Waals surface area contributed by atoms with Gasteiger partial charge in [-0.3, -0.25) is 0 Å². The predicted octanol–water partition coefficient (Wildman–Crippen LogP) is 3.69. The van der Waals surface area contributed by atoms with E-state index in [1.165, 1.54) is 5.56 Å². The number of ether oxygens (including phenoxy) is 1. The fourth-order valence-corrected chi connectivity index (χ4v) is 2.01. The normalized spacial score (nSPS) is 10.4. The highest BCUT2D eigenvalue weighted by atomic mass is 35.5. The van der Waals surface area contributed by atoms with Crippen molar-refractivity contribution in [3.63, 3.8) is 0 Å². The molecule has 18 heavy (non-hydrogen) atoms. The Hall–Kier alpha value is -1.51. The molecule has 2 aromatic rings. The molecule has 2 nitrogen and oxygen atoms in total. The molecule has 0 aliphatic carbocycles. The van der Waals surface area contributed by atoms with Crippen molar-refractivity contribution in [1.29, 1.82) is 0 Å². The zero-order chi connectivity index (χ0) is 13.0. The average molecular weight is 262 g/mol. The van der Waals surface area contributed by atoms with Gasteiger partial charge in [-0.2, -0.15) is 0 Å². The van der Waals surface area contributed by atoms with Crippen molar-refractivity contribution >= 4 is 11.6 Å². The van der Waals surface area contributed by atoms with Gasteiger partial charge < -0.3 is 10.5 Å². The Bertz CT molecular complexity index is 540. The molecule has 0 aliphatic rings. The van der Waals surface area contributed by atoms with Gasteiger partial charge in [0.25, 0.3) is 0 Å². The molecule has 2 aromatic carbocycles. The van der Waals surface area contributed by atoms with Crippen LogP contribution in [0.5, 0.6) is 5.75 Å². The van der Waals surface area contributed by atoms with Crippen LogP contribution in [0.2, 0.25) is 5.02 Å². The van der Waals surface area contributed by atoms with E-state index in [0.717, 1.165) is 21.9 Å². The highest BCUT2D eigenvalue weighted by molar-refractivity contribution is 6.30. The first-order chi connectivity index (χ1) is 8.69. The van der Waals surface area contributed by atoms with Gasteiger partial charge in [0.1, 0.15) is 12.4 Å². The first kappa shape index (κ1) is 12.9. The van der Waals surface area contributed by atoms with E-state index in [1.54, 1.807) is 0 Å². The number of hydrogen-bond donors (Lipinski definition) is 1. The van der Waals surface area contributed by atoms with Gasteiger partial charge >= 0.3 is 0 Å². The molecule has 0 atom stereocenters. The van der Waals surface area contributed by atoms with Crippen LogP contribution in [0.4, 0.5) is 0 Å². The third kappa shape index (κ3) is 3.25. The van der Waals surface area contributed by atoms with E-state index < -0.39 is 0 Å². The van der Waals surface area contributed by atoms with Crippen LogP contribution in [0.3, 0.4) is 0 Å². The van der Waals surface area contributed by atoms with E-state index in [4.69, 9.17) is 22.1 Å². The van der Waals surface area contributed by atoms with Crippen LogP contribution >= 0.6 is 11.6 Å². The minimum absolute atomic E-state index is 0.479. The molecular weight excluding hydrogens is 246 g/mol. The Balaban J connectivity index is 2.10. The maximum atomic E-state index is 5.93. The average Bonchev–Trinajstić information content (AvgIpc) is 2.37.